The highest BCUT2D eigenvalue weighted by Crippen LogP contribution is 2.52. The van der Waals surface area contributed by atoms with Gasteiger partial charge in [-0.3, -0.25) is 14.6 Å². The minimum absolute atomic E-state index is 0.129. The molecule has 1 N–H and O–H groups in total. The highest BCUT2D eigenvalue weighted by molar-refractivity contribution is 6.12. The molecule has 0 saturated heterocycles. The zero-order chi connectivity index (χ0) is 23.3. The van der Waals surface area contributed by atoms with Crippen molar-refractivity contribution in [3.63, 3.8) is 0 Å². The highest BCUT2D eigenvalue weighted by Gasteiger charge is 2.41. The van der Waals surface area contributed by atoms with Gasteiger partial charge in [0.15, 0.2) is 17.3 Å². The van der Waals surface area contributed by atoms with Crippen LogP contribution >= 0.6 is 0 Å². The third-order valence-corrected chi connectivity index (χ3v) is 6.37. The second-order valence-electron chi connectivity index (χ2n) is 9.47. The fraction of sp³-hybridized carbons (Fsp3) is 0.296. The van der Waals surface area contributed by atoms with Gasteiger partial charge in [-0.25, -0.2) is 0 Å². The number of fused-ring (bicyclic) bond motifs is 4. The fourth-order valence-electron chi connectivity index (χ4n) is 5.07. The number of hydrogen-bond donors (Lipinski definition) is 1. The van der Waals surface area contributed by atoms with Gasteiger partial charge in [0.2, 0.25) is 0 Å². The first kappa shape index (κ1) is 21.2. The van der Waals surface area contributed by atoms with Gasteiger partial charge in [-0.1, -0.05) is 26.0 Å². The molecular weight excluding hydrogens is 416 g/mol. The van der Waals surface area contributed by atoms with Crippen molar-refractivity contribution < 1.29 is 19.1 Å². The van der Waals surface area contributed by atoms with Crippen molar-refractivity contribution >= 4 is 33.9 Å². The number of nitrogens with zero attached hydrogens (tertiary/aromatic N) is 1. The van der Waals surface area contributed by atoms with Crippen LogP contribution in [0.1, 0.15) is 50.8 Å². The molecule has 0 saturated carbocycles. The highest BCUT2D eigenvalue weighted by atomic mass is 16.6. The summed E-state index contributed by atoms with van der Waals surface area (Å²) in [6.45, 7) is 5.64. The number of pyridine rings is 1. The van der Waals surface area contributed by atoms with E-state index in [0.717, 1.165) is 45.3 Å². The second kappa shape index (κ2) is 7.73. The molecule has 6 nitrogen and oxygen atoms in total. The molecule has 5 rings (SSSR count). The Balaban J connectivity index is 1.71. The molecule has 1 atom stereocenters. The van der Waals surface area contributed by atoms with Crippen LogP contribution in [-0.2, 0) is 9.59 Å². The fourth-order valence-corrected chi connectivity index (χ4v) is 5.07. The normalized spacial score (nSPS) is 18.9. The van der Waals surface area contributed by atoms with Gasteiger partial charge in [0, 0.05) is 41.8 Å². The van der Waals surface area contributed by atoms with Gasteiger partial charge in [-0.05, 0) is 53.3 Å². The van der Waals surface area contributed by atoms with Gasteiger partial charge >= 0.3 is 5.97 Å². The van der Waals surface area contributed by atoms with E-state index in [-0.39, 0.29) is 17.2 Å². The summed E-state index contributed by atoms with van der Waals surface area (Å²) in [4.78, 5) is 29.5. The number of anilines is 1. The van der Waals surface area contributed by atoms with Gasteiger partial charge in [-0.15, -0.1) is 0 Å². The number of methoxy groups -OCH3 is 1. The molecule has 168 valence electrons. The molecule has 1 aliphatic carbocycles. The maximum atomic E-state index is 13.5. The predicted molar refractivity (Wildman–Crippen MR) is 127 cm³/mol. The Morgan fingerprint density at radius 1 is 1.12 bits per heavy atom. The van der Waals surface area contributed by atoms with Crippen molar-refractivity contribution in [1.29, 1.82) is 0 Å². The number of rotatable bonds is 3. The number of hydrogen-bond acceptors (Lipinski definition) is 6. The molecule has 3 aromatic rings. The molecule has 0 fully saturated rings. The molecule has 6 heteroatoms. The first-order valence-corrected chi connectivity index (χ1v) is 11.0. The zero-order valence-corrected chi connectivity index (χ0v) is 19.2. The van der Waals surface area contributed by atoms with Crippen LogP contribution in [0.5, 0.6) is 11.5 Å². The summed E-state index contributed by atoms with van der Waals surface area (Å²) in [5.74, 6) is 0.533. The van der Waals surface area contributed by atoms with Crippen molar-refractivity contribution in [3.05, 3.63) is 65.4 Å². The molecule has 2 aliphatic rings. The van der Waals surface area contributed by atoms with E-state index >= 15 is 0 Å². The van der Waals surface area contributed by atoms with E-state index in [0.29, 0.717) is 17.9 Å². The van der Waals surface area contributed by atoms with Gasteiger partial charge < -0.3 is 14.8 Å². The van der Waals surface area contributed by atoms with Crippen LogP contribution < -0.4 is 14.8 Å². The van der Waals surface area contributed by atoms with E-state index in [2.05, 4.69) is 30.2 Å². The molecule has 1 aromatic heterocycles. The molecule has 0 spiro atoms. The third-order valence-electron chi connectivity index (χ3n) is 6.37. The predicted octanol–water partition coefficient (Wildman–Crippen LogP) is 5.48. The molecule has 1 aliphatic heterocycles. The number of carbonyl (C=O) groups is 2. The summed E-state index contributed by atoms with van der Waals surface area (Å²) >= 11 is 0. The van der Waals surface area contributed by atoms with Crippen molar-refractivity contribution in [2.75, 3.05) is 12.4 Å². The first-order chi connectivity index (χ1) is 15.8. The maximum Gasteiger partial charge on any atom is 0.308 e. The molecule has 2 aromatic carbocycles. The lowest BCUT2D eigenvalue weighted by Crippen LogP contribution is -2.33. The Kier molecular flexibility index (Phi) is 4.96. The van der Waals surface area contributed by atoms with Crippen LogP contribution in [0.25, 0.3) is 16.5 Å². The lowest BCUT2D eigenvalue weighted by Gasteiger charge is -2.40. The second-order valence-corrected chi connectivity index (χ2v) is 9.47. The van der Waals surface area contributed by atoms with Gasteiger partial charge in [0.1, 0.15) is 0 Å². The smallest absolute Gasteiger partial charge is 0.308 e. The average Bonchev–Trinajstić information content (AvgIpc) is 2.77. The number of ketones is 1. The van der Waals surface area contributed by atoms with E-state index < -0.39 is 5.97 Å². The Morgan fingerprint density at radius 2 is 1.94 bits per heavy atom. The summed E-state index contributed by atoms with van der Waals surface area (Å²) in [7, 11) is 1.54. The molecule has 0 unspecified atom stereocenters. The number of carbonyl (C=O) groups excluding carboxylic acids is 2. The summed E-state index contributed by atoms with van der Waals surface area (Å²) in [5.41, 5.74) is 5.57. The summed E-state index contributed by atoms with van der Waals surface area (Å²) in [5, 5.41) is 4.65. The molecular formula is C27H26N2O4. The van der Waals surface area contributed by atoms with Gasteiger partial charge in [-0.2, -0.15) is 0 Å². The Bertz CT molecular complexity index is 1340. The summed E-state index contributed by atoms with van der Waals surface area (Å²) in [6.07, 6.45) is 3.08. The molecule has 0 amide bonds. The molecule has 2 heterocycles. The van der Waals surface area contributed by atoms with Crippen molar-refractivity contribution in [3.8, 4) is 11.5 Å². The number of nitrogens with one attached hydrogen (secondary N) is 1. The van der Waals surface area contributed by atoms with E-state index in [4.69, 9.17) is 9.47 Å². The summed E-state index contributed by atoms with van der Waals surface area (Å²) < 4.78 is 10.8. The van der Waals surface area contributed by atoms with Gasteiger partial charge in [0.25, 0.3) is 0 Å². The van der Waals surface area contributed by atoms with E-state index in [1.165, 1.54) is 14.0 Å². The van der Waals surface area contributed by atoms with Crippen LogP contribution in [0.2, 0.25) is 0 Å². The summed E-state index contributed by atoms with van der Waals surface area (Å²) in [6, 6.07) is 13.1. The van der Waals surface area contributed by atoms with E-state index in [1.54, 1.807) is 12.3 Å². The molecule has 0 bridgehead atoms. The van der Waals surface area contributed by atoms with Crippen molar-refractivity contribution in [2.45, 2.75) is 39.7 Å². The maximum absolute atomic E-state index is 13.5. The Morgan fingerprint density at radius 3 is 2.70 bits per heavy atom. The number of allylic oxidation sites excluding steroid dienone is 1. The quantitative estimate of drug-likeness (QED) is 0.428. The van der Waals surface area contributed by atoms with Crippen LogP contribution in [0.15, 0.2) is 54.2 Å². The minimum atomic E-state index is -0.416. The number of esters is 1. The van der Waals surface area contributed by atoms with Crippen molar-refractivity contribution in [2.24, 2.45) is 5.41 Å². The number of Topliss-reactive ketones (excluding diaryl/α,β-unsaturated/α-hetero) is 1. The number of aromatic nitrogens is 1. The number of ether oxygens (including phenoxy) is 2. The van der Waals surface area contributed by atoms with Gasteiger partial charge in [0.05, 0.1) is 18.7 Å². The van der Waals surface area contributed by atoms with Crippen LogP contribution in [0.3, 0.4) is 0 Å². The first-order valence-electron chi connectivity index (χ1n) is 11.0. The number of benzene rings is 2. The van der Waals surface area contributed by atoms with Crippen molar-refractivity contribution in [1.82, 2.24) is 4.98 Å². The monoisotopic (exact) mass is 442 g/mol. The molecule has 0 radical (unpaired) electrons. The SMILES string of the molecule is COc1cc([C@H]2Nc3ccc4ncccc4c3C3=C2C(=O)CC(C)(C)C3)ccc1OC(C)=O. The topological polar surface area (TPSA) is 77.5 Å². The van der Waals surface area contributed by atoms with Crippen LogP contribution in [0, 0.1) is 5.41 Å². The zero-order valence-electron chi connectivity index (χ0n) is 19.2. The molecule has 33 heavy (non-hydrogen) atoms. The standard InChI is InChI=1S/C27H26N2O4/c1-15(30)33-22-10-7-16(12-23(22)32-4)26-25-18(13-27(2,3)14-21(25)31)24-17-6-5-11-28-19(17)8-9-20(24)29-26/h5-12,26,29H,13-14H2,1-4H3/t26-/m1/s1. The lowest BCUT2D eigenvalue weighted by atomic mass is 9.68. The Hall–Kier alpha value is -3.67. The Labute approximate surface area is 192 Å². The van der Waals surface area contributed by atoms with Crippen LogP contribution in [0.4, 0.5) is 5.69 Å². The third kappa shape index (κ3) is 3.65. The van der Waals surface area contributed by atoms with Crippen LogP contribution in [-0.4, -0.2) is 23.8 Å². The van der Waals surface area contributed by atoms with E-state index in [9.17, 15) is 9.59 Å². The minimum Gasteiger partial charge on any atom is -0.493 e. The lowest BCUT2D eigenvalue weighted by molar-refractivity contribution is -0.132. The largest absolute Gasteiger partial charge is 0.493 e. The van der Waals surface area contributed by atoms with E-state index in [1.807, 2.05) is 30.3 Å². The average molecular weight is 443 g/mol.